The monoisotopic (exact) mass is 366 g/mol. The van der Waals surface area contributed by atoms with E-state index < -0.39 is 11.9 Å². The van der Waals surface area contributed by atoms with Crippen LogP contribution in [-0.2, 0) is 4.79 Å². The summed E-state index contributed by atoms with van der Waals surface area (Å²) in [4.78, 5) is 23.4. The van der Waals surface area contributed by atoms with Crippen molar-refractivity contribution >= 4 is 29.1 Å². The molecule has 0 spiro atoms. The van der Waals surface area contributed by atoms with E-state index in [1.54, 1.807) is 24.3 Å². The molecule has 0 saturated heterocycles. The molecule has 0 aliphatic heterocycles. The lowest BCUT2D eigenvalue weighted by atomic mass is 10.1. The smallest absolute Gasteiger partial charge is 0.308 e. The van der Waals surface area contributed by atoms with Crippen LogP contribution in [0.4, 0.5) is 0 Å². The van der Waals surface area contributed by atoms with Crippen LogP contribution in [0.2, 0.25) is 0 Å². The van der Waals surface area contributed by atoms with Gasteiger partial charge in [-0.2, -0.15) is 5.10 Å². The highest BCUT2D eigenvalue weighted by molar-refractivity contribution is 5.99. The Morgan fingerprint density at radius 3 is 2.63 bits per heavy atom. The second-order valence-corrected chi connectivity index (χ2v) is 5.76. The van der Waals surface area contributed by atoms with Crippen LogP contribution in [0.15, 0.2) is 52.0 Å². The number of rotatable bonds is 5. The van der Waals surface area contributed by atoms with E-state index in [0.29, 0.717) is 22.6 Å². The van der Waals surface area contributed by atoms with Crippen molar-refractivity contribution in [3.05, 3.63) is 59.4 Å². The second-order valence-electron chi connectivity index (χ2n) is 5.76. The Bertz CT molecular complexity index is 1040. The Kier molecular flexibility index (Phi) is 5.21. The van der Waals surface area contributed by atoms with Crippen LogP contribution in [-0.4, -0.2) is 25.2 Å². The lowest BCUT2D eigenvalue weighted by Crippen LogP contribution is -2.17. The number of methoxy groups -OCH3 is 1. The minimum absolute atomic E-state index is 0.219. The molecule has 7 nitrogen and oxygen atoms in total. The van der Waals surface area contributed by atoms with Crippen LogP contribution in [0.25, 0.3) is 11.0 Å². The van der Waals surface area contributed by atoms with Gasteiger partial charge in [0, 0.05) is 17.9 Å². The van der Waals surface area contributed by atoms with Crippen molar-refractivity contribution < 1.29 is 23.5 Å². The molecule has 1 amide bonds. The number of carbonyl (C=O) groups is 2. The van der Waals surface area contributed by atoms with Gasteiger partial charge >= 0.3 is 11.9 Å². The van der Waals surface area contributed by atoms with Crippen LogP contribution in [0.1, 0.15) is 28.6 Å². The first-order valence-electron chi connectivity index (χ1n) is 8.17. The van der Waals surface area contributed by atoms with Gasteiger partial charge < -0.3 is 13.9 Å². The first kappa shape index (κ1) is 18.2. The minimum atomic E-state index is -0.441. The number of nitrogens with one attached hydrogen (secondary N) is 1. The maximum atomic E-state index is 12.3. The Balaban J connectivity index is 1.73. The molecular weight excluding hydrogens is 348 g/mol. The zero-order valence-electron chi connectivity index (χ0n) is 15.1. The third-order valence-electron chi connectivity index (χ3n) is 3.87. The molecule has 1 aromatic heterocycles. The van der Waals surface area contributed by atoms with E-state index >= 15 is 0 Å². The summed E-state index contributed by atoms with van der Waals surface area (Å²) in [6, 6.07) is 12.3. The van der Waals surface area contributed by atoms with Gasteiger partial charge in [-0.1, -0.05) is 18.2 Å². The Morgan fingerprint density at radius 2 is 1.93 bits per heavy atom. The van der Waals surface area contributed by atoms with E-state index in [-0.39, 0.29) is 5.76 Å². The maximum absolute atomic E-state index is 12.3. The lowest BCUT2D eigenvalue weighted by molar-refractivity contribution is -0.132. The number of fused-ring (bicyclic) bond motifs is 1. The van der Waals surface area contributed by atoms with E-state index in [9.17, 15) is 9.59 Å². The molecule has 0 atom stereocenters. The van der Waals surface area contributed by atoms with E-state index in [1.165, 1.54) is 20.2 Å². The van der Waals surface area contributed by atoms with Gasteiger partial charge in [-0.3, -0.25) is 9.59 Å². The molecule has 27 heavy (non-hydrogen) atoms. The molecular formula is C20H18N2O5. The molecule has 0 aliphatic carbocycles. The molecule has 0 aliphatic rings. The van der Waals surface area contributed by atoms with Crippen LogP contribution in [0.5, 0.6) is 11.5 Å². The summed E-state index contributed by atoms with van der Waals surface area (Å²) in [6.07, 6.45) is 1.45. The third kappa shape index (κ3) is 3.98. The quantitative estimate of drug-likeness (QED) is 0.323. The number of aryl methyl sites for hydroxylation is 1. The van der Waals surface area contributed by atoms with Crippen molar-refractivity contribution in [3.8, 4) is 11.5 Å². The largest absolute Gasteiger partial charge is 0.493 e. The van der Waals surface area contributed by atoms with Gasteiger partial charge in [-0.05, 0) is 36.8 Å². The SMILES string of the molecule is COc1cc(/C=N\NC(=O)c2oc3ccccc3c2C)ccc1OC(C)=O. The van der Waals surface area contributed by atoms with Gasteiger partial charge in [0.2, 0.25) is 0 Å². The molecule has 2 aromatic carbocycles. The molecule has 0 radical (unpaired) electrons. The summed E-state index contributed by atoms with van der Waals surface area (Å²) >= 11 is 0. The summed E-state index contributed by atoms with van der Waals surface area (Å²) in [7, 11) is 1.47. The number of furan rings is 1. The molecule has 1 heterocycles. The highest BCUT2D eigenvalue weighted by Gasteiger charge is 2.16. The van der Waals surface area contributed by atoms with Gasteiger partial charge in [0.05, 0.1) is 13.3 Å². The van der Waals surface area contributed by atoms with Crippen molar-refractivity contribution in [2.24, 2.45) is 5.10 Å². The van der Waals surface area contributed by atoms with E-state index in [4.69, 9.17) is 13.9 Å². The number of benzene rings is 2. The van der Waals surface area contributed by atoms with Crippen molar-refractivity contribution in [2.75, 3.05) is 7.11 Å². The standard InChI is InChI=1S/C20H18N2O5/c1-12-15-6-4-5-7-16(15)27-19(12)20(24)22-21-11-14-8-9-17(26-13(2)23)18(10-14)25-3/h4-11H,1-3H3,(H,22,24)/b21-11-. The number of nitrogens with zero attached hydrogens (tertiary/aromatic N) is 1. The van der Waals surface area contributed by atoms with Crippen molar-refractivity contribution in [3.63, 3.8) is 0 Å². The van der Waals surface area contributed by atoms with Crippen LogP contribution < -0.4 is 14.9 Å². The fraction of sp³-hybridized carbons (Fsp3) is 0.150. The third-order valence-corrected chi connectivity index (χ3v) is 3.87. The fourth-order valence-corrected chi connectivity index (χ4v) is 2.61. The average Bonchev–Trinajstić information content (AvgIpc) is 2.99. The van der Waals surface area contributed by atoms with E-state index in [1.807, 2.05) is 25.1 Å². The number of para-hydroxylation sites is 1. The predicted molar refractivity (Wildman–Crippen MR) is 100 cm³/mol. The molecule has 0 unspecified atom stereocenters. The van der Waals surface area contributed by atoms with Crippen molar-refractivity contribution in [1.82, 2.24) is 5.43 Å². The highest BCUT2D eigenvalue weighted by atomic mass is 16.6. The molecule has 7 heteroatoms. The molecule has 3 rings (SSSR count). The van der Waals surface area contributed by atoms with Gasteiger partial charge in [-0.25, -0.2) is 5.43 Å². The van der Waals surface area contributed by atoms with Crippen molar-refractivity contribution in [2.45, 2.75) is 13.8 Å². The molecule has 3 aromatic rings. The van der Waals surface area contributed by atoms with Crippen LogP contribution in [0.3, 0.4) is 0 Å². The number of hydrazone groups is 1. The molecule has 0 fully saturated rings. The lowest BCUT2D eigenvalue weighted by Gasteiger charge is -2.08. The zero-order chi connectivity index (χ0) is 19.4. The maximum Gasteiger partial charge on any atom is 0.308 e. The second kappa shape index (κ2) is 7.74. The summed E-state index contributed by atoms with van der Waals surface area (Å²) in [5, 5.41) is 4.83. The number of amides is 1. The molecule has 0 bridgehead atoms. The summed E-state index contributed by atoms with van der Waals surface area (Å²) in [5.74, 6) is 0.0282. The Labute approximate surface area is 155 Å². The average molecular weight is 366 g/mol. The Hall–Kier alpha value is -3.61. The number of hydrogen-bond acceptors (Lipinski definition) is 6. The number of esters is 1. The summed E-state index contributed by atoms with van der Waals surface area (Å²) in [6.45, 7) is 3.13. The number of hydrogen-bond donors (Lipinski definition) is 1. The van der Waals surface area contributed by atoms with E-state index in [0.717, 1.165) is 10.9 Å². The van der Waals surface area contributed by atoms with Gasteiger partial charge in [0.25, 0.3) is 0 Å². The number of ether oxygens (including phenoxy) is 2. The van der Waals surface area contributed by atoms with Gasteiger partial charge in [-0.15, -0.1) is 0 Å². The molecule has 0 saturated carbocycles. The molecule has 138 valence electrons. The topological polar surface area (TPSA) is 90.1 Å². The van der Waals surface area contributed by atoms with Gasteiger partial charge in [0.1, 0.15) is 5.58 Å². The highest BCUT2D eigenvalue weighted by Crippen LogP contribution is 2.28. The first-order valence-corrected chi connectivity index (χ1v) is 8.17. The zero-order valence-corrected chi connectivity index (χ0v) is 15.1. The fourth-order valence-electron chi connectivity index (χ4n) is 2.61. The van der Waals surface area contributed by atoms with Crippen molar-refractivity contribution in [1.29, 1.82) is 0 Å². The van der Waals surface area contributed by atoms with Crippen LogP contribution in [0, 0.1) is 6.92 Å². The summed E-state index contributed by atoms with van der Waals surface area (Å²) < 4.78 is 15.8. The predicted octanol–water partition coefficient (Wildman–Crippen LogP) is 3.44. The van der Waals surface area contributed by atoms with Crippen LogP contribution >= 0.6 is 0 Å². The Morgan fingerprint density at radius 1 is 1.15 bits per heavy atom. The van der Waals surface area contributed by atoms with E-state index in [2.05, 4.69) is 10.5 Å². The minimum Gasteiger partial charge on any atom is -0.493 e. The summed E-state index contributed by atoms with van der Waals surface area (Å²) in [5.41, 5.74) is 4.50. The molecule has 1 N–H and O–H groups in total. The number of carbonyl (C=O) groups excluding carboxylic acids is 2. The normalized spacial score (nSPS) is 10.9. The van der Waals surface area contributed by atoms with Gasteiger partial charge in [0.15, 0.2) is 17.3 Å². The first-order chi connectivity index (χ1) is 13.0.